The monoisotopic (exact) mass is 341 g/mol. The number of carbonyl (C=O) groups is 2. The van der Waals surface area contributed by atoms with Gasteiger partial charge in [-0.3, -0.25) is 14.3 Å². The Balaban J connectivity index is 1.76. The number of amides is 1. The summed E-state index contributed by atoms with van der Waals surface area (Å²) in [6.45, 7) is -0.625. The van der Waals surface area contributed by atoms with Gasteiger partial charge in [-0.25, -0.2) is 8.78 Å². The summed E-state index contributed by atoms with van der Waals surface area (Å²) in [6.07, 6.45) is 3.32. The summed E-state index contributed by atoms with van der Waals surface area (Å²) in [4.78, 5) is 23.9. The van der Waals surface area contributed by atoms with E-state index >= 15 is 0 Å². The Labute approximate surface area is 134 Å². The number of thioether (sulfide) groups is 1. The number of hydrogen-bond acceptors (Lipinski definition) is 5. The predicted molar refractivity (Wildman–Crippen MR) is 79.9 cm³/mol. The minimum atomic E-state index is -0.906. The highest BCUT2D eigenvalue weighted by molar-refractivity contribution is 8.00. The van der Waals surface area contributed by atoms with E-state index in [2.05, 4.69) is 5.10 Å². The van der Waals surface area contributed by atoms with Crippen molar-refractivity contribution in [1.82, 2.24) is 9.78 Å². The van der Waals surface area contributed by atoms with Crippen LogP contribution in [0.3, 0.4) is 0 Å². The van der Waals surface area contributed by atoms with Crippen LogP contribution < -0.4 is 5.32 Å². The molecule has 0 spiro atoms. The van der Waals surface area contributed by atoms with Crippen molar-refractivity contribution in [1.29, 1.82) is 0 Å². The predicted octanol–water partition coefficient (Wildman–Crippen LogP) is 1.97. The molecule has 0 aliphatic heterocycles. The molecule has 0 aliphatic rings. The lowest BCUT2D eigenvalue weighted by Crippen LogP contribution is -2.22. The van der Waals surface area contributed by atoms with Crippen LogP contribution >= 0.6 is 11.8 Å². The number of ether oxygens (including phenoxy) is 1. The van der Waals surface area contributed by atoms with E-state index in [0.717, 1.165) is 17.0 Å². The summed E-state index contributed by atoms with van der Waals surface area (Å²) in [5, 5.41) is 5.97. The quantitative estimate of drug-likeness (QED) is 0.642. The molecule has 9 heteroatoms. The molecular weight excluding hydrogens is 328 g/mol. The van der Waals surface area contributed by atoms with Gasteiger partial charge in [0.1, 0.15) is 17.3 Å². The number of nitrogens with one attached hydrogen (secondary N) is 1. The maximum absolute atomic E-state index is 13.3. The second-order valence-corrected chi connectivity index (χ2v) is 5.49. The average molecular weight is 341 g/mol. The molecule has 0 atom stereocenters. The molecule has 122 valence electrons. The van der Waals surface area contributed by atoms with E-state index in [9.17, 15) is 18.4 Å². The Morgan fingerprint density at radius 3 is 2.65 bits per heavy atom. The fraction of sp³-hybridized carbons (Fsp3) is 0.214. The van der Waals surface area contributed by atoms with Gasteiger partial charge in [0, 0.05) is 18.1 Å². The Bertz CT molecular complexity index is 701. The first-order valence-corrected chi connectivity index (χ1v) is 7.45. The van der Waals surface area contributed by atoms with Gasteiger partial charge in [-0.2, -0.15) is 5.10 Å². The van der Waals surface area contributed by atoms with Gasteiger partial charge in [-0.05, 0) is 12.1 Å². The highest BCUT2D eigenvalue weighted by Crippen LogP contribution is 2.18. The van der Waals surface area contributed by atoms with Crippen LogP contribution in [0, 0.1) is 11.6 Å². The number of anilines is 1. The second kappa shape index (κ2) is 7.73. The van der Waals surface area contributed by atoms with Crippen molar-refractivity contribution < 1.29 is 23.1 Å². The molecule has 2 rings (SSSR count). The molecule has 1 heterocycles. The summed E-state index contributed by atoms with van der Waals surface area (Å²) >= 11 is 1.20. The minimum Gasteiger partial charge on any atom is -0.455 e. The molecule has 0 unspecified atom stereocenters. The molecule has 1 amide bonds. The van der Waals surface area contributed by atoms with Gasteiger partial charge in [0.25, 0.3) is 5.91 Å². The number of aryl methyl sites for hydroxylation is 1. The first kappa shape index (κ1) is 16.9. The highest BCUT2D eigenvalue weighted by Gasteiger charge is 2.14. The van der Waals surface area contributed by atoms with Crippen molar-refractivity contribution in [2.45, 2.75) is 4.90 Å². The summed E-state index contributed by atoms with van der Waals surface area (Å²) in [7, 11) is 1.74. The molecule has 6 nitrogen and oxygen atoms in total. The van der Waals surface area contributed by atoms with E-state index in [0.29, 0.717) is 0 Å². The molecule has 2 aromatic rings. The zero-order valence-corrected chi connectivity index (χ0v) is 12.9. The van der Waals surface area contributed by atoms with Crippen molar-refractivity contribution in [3.05, 3.63) is 42.2 Å². The summed E-state index contributed by atoms with van der Waals surface area (Å²) < 4.78 is 33.0. The number of benzene rings is 1. The fourth-order valence-corrected chi connectivity index (χ4v) is 2.31. The van der Waals surface area contributed by atoms with E-state index < -0.39 is 35.8 Å². The van der Waals surface area contributed by atoms with E-state index in [4.69, 9.17) is 4.74 Å². The third-order valence-electron chi connectivity index (χ3n) is 2.63. The lowest BCUT2D eigenvalue weighted by atomic mass is 10.3. The lowest BCUT2D eigenvalue weighted by Gasteiger charge is -2.08. The van der Waals surface area contributed by atoms with Crippen molar-refractivity contribution >= 4 is 29.3 Å². The van der Waals surface area contributed by atoms with Crippen molar-refractivity contribution in [2.75, 3.05) is 17.7 Å². The third-order valence-corrected chi connectivity index (χ3v) is 3.55. The average Bonchev–Trinajstić information content (AvgIpc) is 2.92. The van der Waals surface area contributed by atoms with E-state index in [1.165, 1.54) is 17.8 Å². The molecule has 23 heavy (non-hydrogen) atoms. The number of esters is 1. The van der Waals surface area contributed by atoms with Crippen molar-refractivity contribution in [3.8, 4) is 0 Å². The SMILES string of the molecule is Cn1cc(SCC(=O)OCC(=O)Nc2c(F)cccc2F)cn1. The molecule has 0 saturated heterocycles. The van der Waals surface area contributed by atoms with Crippen LogP contribution in [0.15, 0.2) is 35.5 Å². The third kappa shape index (κ3) is 5.06. The summed E-state index contributed by atoms with van der Waals surface area (Å²) in [5.74, 6) is -3.27. The Morgan fingerprint density at radius 2 is 2.04 bits per heavy atom. The Hall–Kier alpha value is -2.42. The van der Waals surface area contributed by atoms with Crippen LogP contribution in [0.1, 0.15) is 0 Å². The van der Waals surface area contributed by atoms with Crippen molar-refractivity contribution in [3.63, 3.8) is 0 Å². The topological polar surface area (TPSA) is 73.2 Å². The van der Waals surface area contributed by atoms with Crippen LogP contribution in [0.2, 0.25) is 0 Å². The van der Waals surface area contributed by atoms with Gasteiger partial charge in [0.15, 0.2) is 6.61 Å². The van der Waals surface area contributed by atoms with Gasteiger partial charge < -0.3 is 10.1 Å². The van der Waals surface area contributed by atoms with Gasteiger partial charge in [-0.1, -0.05) is 6.07 Å². The van der Waals surface area contributed by atoms with E-state index in [1.54, 1.807) is 24.1 Å². The zero-order chi connectivity index (χ0) is 16.8. The molecule has 1 N–H and O–H groups in total. The van der Waals surface area contributed by atoms with E-state index in [1.807, 2.05) is 5.32 Å². The van der Waals surface area contributed by atoms with Crippen LogP contribution in [0.25, 0.3) is 0 Å². The molecule has 1 aromatic carbocycles. The van der Waals surface area contributed by atoms with Crippen LogP contribution in [-0.2, 0) is 21.4 Å². The van der Waals surface area contributed by atoms with Crippen LogP contribution in [0.4, 0.5) is 14.5 Å². The highest BCUT2D eigenvalue weighted by atomic mass is 32.2. The van der Waals surface area contributed by atoms with Crippen LogP contribution in [-0.4, -0.2) is 34.0 Å². The maximum atomic E-state index is 13.3. The van der Waals surface area contributed by atoms with Crippen molar-refractivity contribution in [2.24, 2.45) is 7.05 Å². The van der Waals surface area contributed by atoms with Crippen LogP contribution in [0.5, 0.6) is 0 Å². The lowest BCUT2D eigenvalue weighted by molar-refractivity contribution is -0.144. The summed E-state index contributed by atoms with van der Waals surface area (Å²) in [5.41, 5.74) is -0.571. The first-order chi connectivity index (χ1) is 11.0. The number of nitrogens with zero attached hydrogens (tertiary/aromatic N) is 2. The standard InChI is InChI=1S/C14H13F2N3O3S/c1-19-6-9(5-17-19)23-8-13(21)22-7-12(20)18-14-10(15)3-2-4-11(14)16/h2-6H,7-8H2,1H3,(H,18,20). The second-order valence-electron chi connectivity index (χ2n) is 4.44. The molecule has 1 aromatic heterocycles. The molecular formula is C14H13F2N3O3S. The van der Waals surface area contributed by atoms with Gasteiger partial charge in [0.2, 0.25) is 0 Å². The molecule has 0 bridgehead atoms. The Kier molecular flexibility index (Phi) is 5.69. The zero-order valence-electron chi connectivity index (χ0n) is 12.1. The summed E-state index contributed by atoms with van der Waals surface area (Å²) in [6, 6.07) is 3.19. The number of carbonyl (C=O) groups excluding carboxylic acids is 2. The first-order valence-electron chi connectivity index (χ1n) is 6.46. The maximum Gasteiger partial charge on any atom is 0.316 e. The number of rotatable bonds is 6. The Morgan fingerprint density at radius 1 is 1.35 bits per heavy atom. The smallest absolute Gasteiger partial charge is 0.316 e. The number of halogens is 2. The van der Waals surface area contributed by atoms with Gasteiger partial charge in [-0.15, -0.1) is 11.8 Å². The molecule has 0 radical (unpaired) electrons. The number of para-hydroxylation sites is 1. The minimum absolute atomic E-state index is 0.00691. The van der Waals surface area contributed by atoms with Gasteiger partial charge in [0.05, 0.1) is 11.9 Å². The van der Waals surface area contributed by atoms with E-state index in [-0.39, 0.29) is 5.75 Å². The number of hydrogen-bond donors (Lipinski definition) is 1. The largest absolute Gasteiger partial charge is 0.455 e. The fourth-order valence-electron chi connectivity index (χ4n) is 1.60. The normalized spacial score (nSPS) is 10.4. The molecule has 0 saturated carbocycles. The number of aromatic nitrogens is 2. The van der Waals surface area contributed by atoms with Gasteiger partial charge >= 0.3 is 5.97 Å². The molecule has 0 aliphatic carbocycles. The molecule has 0 fully saturated rings.